The van der Waals surface area contributed by atoms with Crippen LogP contribution in [0, 0.1) is 5.92 Å². The van der Waals surface area contributed by atoms with Gasteiger partial charge in [0.25, 0.3) is 0 Å². The highest BCUT2D eigenvalue weighted by molar-refractivity contribution is 7.13. The Morgan fingerprint density at radius 3 is 2.93 bits per heavy atom. The van der Waals surface area contributed by atoms with Crippen LogP contribution >= 0.6 is 11.3 Å². The molecule has 1 saturated heterocycles. The van der Waals surface area contributed by atoms with E-state index in [0.29, 0.717) is 5.95 Å². The molecule has 3 aromatic rings. The number of thiazole rings is 1. The number of fused-ring (bicyclic) bond motifs is 1. The van der Waals surface area contributed by atoms with Crippen LogP contribution in [0.5, 0.6) is 11.5 Å². The van der Waals surface area contributed by atoms with Crippen LogP contribution in [0.1, 0.15) is 13.3 Å². The van der Waals surface area contributed by atoms with Crippen molar-refractivity contribution in [3.63, 3.8) is 0 Å². The Morgan fingerprint density at radius 1 is 1.21 bits per heavy atom. The van der Waals surface area contributed by atoms with E-state index in [1.807, 2.05) is 29.8 Å². The van der Waals surface area contributed by atoms with Crippen molar-refractivity contribution in [1.29, 1.82) is 0 Å². The van der Waals surface area contributed by atoms with Crippen LogP contribution in [-0.2, 0) is 0 Å². The van der Waals surface area contributed by atoms with Crippen molar-refractivity contribution in [1.82, 2.24) is 15.0 Å². The fraction of sp³-hybridized carbons (Fsp3) is 0.350. The fourth-order valence-electron chi connectivity index (χ4n) is 3.62. The van der Waals surface area contributed by atoms with Gasteiger partial charge in [-0.1, -0.05) is 13.0 Å². The summed E-state index contributed by atoms with van der Waals surface area (Å²) in [5, 5.41) is 12.8. The lowest BCUT2D eigenvalue weighted by molar-refractivity contribution is 0.0966. The van der Waals surface area contributed by atoms with Gasteiger partial charge >= 0.3 is 0 Å². The Hall–Kier alpha value is -2.71. The predicted octanol–water partition coefficient (Wildman–Crippen LogP) is 3.20. The molecule has 8 heteroatoms. The molecule has 1 aromatic carbocycles. The molecule has 1 fully saturated rings. The molecular formula is C20H20N4O3S. The highest BCUT2D eigenvalue weighted by Gasteiger charge is 2.27. The molecule has 4 heterocycles. The largest absolute Gasteiger partial charge is 0.454 e. The van der Waals surface area contributed by atoms with Gasteiger partial charge in [0.05, 0.1) is 6.10 Å². The number of nitrogens with zero attached hydrogens (tertiary/aromatic N) is 4. The molecule has 0 bridgehead atoms. The zero-order valence-electron chi connectivity index (χ0n) is 15.4. The minimum atomic E-state index is -0.261. The summed E-state index contributed by atoms with van der Waals surface area (Å²) >= 11 is 1.55. The van der Waals surface area contributed by atoms with Gasteiger partial charge in [-0.3, -0.25) is 0 Å². The topological polar surface area (TPSA) is 80.6 Å². The van der Waals surface area contributed by atoms with Crippen LogP contribution in [0.2, 0.25) is 0 Å². The number of hydrogen-bond acceptors (Lipinski definition) is 8. The van der Waals surface area contributed by atoms with Crippen molar-refractivity contribution >= 4 is 17.3 Å². The quantitative estimate of drug-likeness (QED) is 0.728. The molecule has 0 saturated carbocycles. The van der Waals surface area contributed by atoms with Crippen molar-refractivity contribution in [2.24, 2.45) is 5.92 Å². The molecule has 28 heavy (non-hydrogen) atoms. The Bertz CT molecular complexity index is 995. The third kappa shape index (κ3) is 3.08. The van der Waals surface area contributed by atoms with E-state index in [4.69, 9.17) is 14.5 Å². The van der Waals surface area contributed by atoms with Gasteiger partial charge < -0.3 is 19.5 Å². The first-order valence-electron chi connectivity index (χ1n) is 9.29. The second kappa shape index (κ2) is 7.03. The summed E-state index contributed by atoms with van der Waals surface area (Å²) in [5.74, 6) is 2.34. The van der Waals surface area contributed by atoms with E-state index < -0.39 is 0 Å². The molecule has 5 rings (SSSR count). The summed E-state index contributed by atoms with van der Waals surface area (Å²) in [7, 11) is 0. The highest BCUT2D eigenvalue weighted by atomic mass is 32.1. The van der Waals surface area contributed by atoms with Gasteiger partial charge in [-0.15, -0.1) is 11.3 Å². The molecule has 0 unspecified atom stereocenters. The lowest BCUT2D eigenvalue weighted by Gasteiger charge is -2.34. The molecule has 2 aromatic heterocycles. The van der Waals surface area contributed by atoms with Gasteiger partial charge in [0.15, 0.2) is 11.5 Å². The summed E-state index contributed by atoms with van der Waals surface area (Å²) in [6.45, 7) is 3.78. The van der Waals surface area contributed by atoms with Gasteiger partial charge in [0, 0.05) is 36.4 Å². The van der Waals surface area contributed by atoms with Gasteiger partial charge in [-0.2, -0.15) is 0 Å². The van der Waals surface area contributed by atoms with E-state index in [0.717, 1.165) is 52.8 Å². The summed E-state index contributed by atoms with van der Waals surface area (Å²) in [4.78, 5) is 16.1. The van der Waals surface area contributed by atoms with Crippen LogP contribution in [0.15, 0.2) is 36.0 Å². The Kier molecular flexibility index (Phi) is 4.37. The molecule has 0 amide bonds. The number of piperidine rings is 1. The molecule has 2 atom stereocenters. The Morgan fingerprint density at radius 2 is 2.11 bits per heavy atom. The lowest BCUT2D eigenvalue weighted by atomic mass is 9.97. The van der Waals surface area contributed by atoms with E-state index in [9.17, 15) is 5.11 Å². The normalized spacial score (nSPS) is 21.1. The van der Waals surface area contributed by atoms with Gasteiger partial charge in [-0.05, 0) is 30.0 Å². The average Bonchev–Trinajstić information content (AvgIpc) is 3.41. The third-order valence-electron chi connectivity index (χ3n) is 5.24. The van der Waals surface area contributed by atoms with Crippen LogP contribution in [0.4, 0.5) is 5.95 Å². The molecule has 2 aliphatic heterocycles. The zero-order chi connectivity index (χ0) is 19.1. The number of hydrogen-bond donors (Lipinski definition) is 1. The Balaban J connectivity index is 1.56. The average molecular weight is 396 g/mol. The number of aromatic nitrogens is 3. The minimum absolute atomic E-state index is 0.189. The van der Waals surface area contributed by atoms with Crippen molar-refractivity contribution in [2.75, 3.05) is 24.8 Å². The van der Waals surface area contributed by atoms with Crippen LogP contribution in [0.3, 0.4) is 0 Å². The minimum Gasteiger partial charge on any atom is -0.454 e. The van der Waals surface area contributed by atoms with E-state index in [2.05, 4.69) is 21.8 Å². The fourth-order valence-corrected chi connectivity index (χ4v) is 4.26. The first kappa shape index (κ1) is 17.4. The van der Waals surface area contributed by atoms with Gasteiger partial charge in [-0.25, -0.2) is 15.0 Å². The predicted molar refractivity (Wildman–Crippen MR) is 107 cm³/mol. The molecule has 2 aliphatic rings. The number of ether oxygens (including phenoxy) is 2. The SMILES string of the molecule is C[C@@H]1CN(c2ncc(-c3ccc4c(c3)OCO4)c(-c3nccs3)n2)CC[C@@H]1O. The monoisotopic (exact) mass is 396 g/mol. The third-order valence-corrected chi connectivity index (χ3v) is 6.02. The van der Waals surface area contributed by atoms with E-state index in [1.165, 1.54) is 0 Å². The lowest BCUT2D eigenvalue weighted by Crippen LogP contribution is -2.42. The van der Waals surface area contributed by atoms with Crippen LogP contribution in [0.25, 0.3) is 21.8 Å². The first-order chi connectivity index (χ1) is 13.7. The summed E-state index contributed by atoms with van der Waals surface area (Å²) in [6, 6.07) is 5.85. The Labute approximate surface area is 166 Å². The molecular weight excluding hydrogens is 376 g/mol. The second-order valence-electron chi connectivity index (χ2n) is 7.12. The number of rotatable bonds is 3. The number of anilines is 1. The molecule has 0 radical (unpaired) electrons. The second-order valence-corrected chi connectivity index (χ2v) is 8.01. The molecule has 144 valence electrons. The number of benzene rings is 1. The van der Waals surface area contributed by atoms with Crippen molar-refractivity contribution in [3.05, 3.63) is 36.0 Å². The van der Waals surface area contributed by atoms with Crippen molar-refractivity contribution in [2.45, 2.75) is 19.4 Å². The summed E-state index contributed by atoms with van der Waals surface area (Å²) in [5.41, 5.74) is 2.67. The maximum atomic E-state index is 10.0. The zero-order valence-corrected chi connectivity index (χ0v) is 16.2. The smallest absolute Gasteiger partial charge is 0.231 e. The van der Waals surface area contributed by atoms with Gasteiger partial charge in [0.2, 0.25) is 12.7 Å². The standard InChI is InChI=1S/C20H20N4O3S/c1-12-10-24(6-4-15(12)25)20-22-9-14(18(23-20)19-21-5-7-28-19)13-2-3-16-17(8-13)27-11-26-16/h2-3,5,7-9,12,15,25H,4,6,10-11H2,1H3/t12-,15+/m1/s1. The van der Waals surface area contributed by atoms with Crippen molar-refractivity contribution < 1.29 is 14.6 Å². The molecule has 0 aliphatic carbocycles. The summed E-state index contributed by atoms with van der Waals surface area (Å²) in [6.07, 6.45) is 4.10. The van der Waals surface area contributed by atoms with Crippen LogP contribution in [-0.4, -0.2) is 46.0 Å². The first-order valence-corrected chi connectivity index (χ1v) is 10.2. The maximum absolute atomic E-state index is 10.0. The highest BCUT2D eigenvalue weighted by Crippen LogP contribution is 2.39. The van der Waals surface area contributed by atoms with E-state index >= 15 is 0 Å². The molecule has 1 N–H and O–H groups in total. The molecule has 0 spiro atoms. The molecule has 7 nitrogen and oxygen atoms in total. The van der Waals surface area contributed by atoms with Crippen LogP contribution < -0.4 is 14.4 Å². The van der Waals surface area contributed by atoms with Gasteiger partial charge in [0.1, 0.15) is 10.7 Å². The van der Waals surface area contributed by atoms with E-state index in [-0.39, 0.29) is 18.8 Å². The maximum Gasteiger partial charge on any atom is 0.231 e. The van der Waals surface area contributed by atoms with Crippen molar-refractivity contribution in [3.8, 4) is 33.3 Å². The number of aliphatic hydroxyl groups excluding tert-OH is 1. The van der Waals surface area contributed by atoms with E-state index in [1.54, 1.807) is 17.5 Å². The summed E-state index contributed by atoms with van der Waals surface area (Å²) < 4.78 is 10.9. The number of aliphatic hydroxyl groups is 1.